The van der Waals surface area contributed by atoms with E-state index in [9.17, 15) is 4.79 Å². The van der Waals surface area contributed by atoms with Gasteiger partial charge in [0.2, 0.25) is 0 Å². The molecule has 0 unspecified atom stereocenters. The van der Waals surface area contributed by atoms with E-state index in [4.69, 9.17) is 5.11 Å². The molecule has 3 nitrogen and oxygen atoms in total. The van der Waals surface area contributed by atoms with Crippen molar-refractivity contribution in [3.8, 4) is 0 Å². The molecule has 0 amide bonds. The van der Waals surface area contributed by atoms with E-state index < -0.39 is 5.97 Å². The van der Waals surface area contributed by atoms with Crippen molar-refractivity contribution in [3.63, 3.8) is 0 Å². The van der Waals surface area contributed by atoms with E-state index in [2.05, 4.69) is 5.32 Å². The number of carbonyl (C=O) groups is 1. The van der Waals surface area contributed by atoms with Gasteiger partial charge in [0, 0.05) is 27.5 Å². The Balaban J connectivity index is 1.85. The maximum Gasteiger partial charge on any atom is 0.336 e. The Morgan fingerprint density at radius 3 is 2.94 bits per heavy atom. The van der Waals surface area contributed by atoms with Gasteiger partial charge in [-0.2, -0.15) is 0 Å². The first-order chi connectivity index (χ1) is 8.74. The minimum absolute atomic E-state index is 0.402. The molecule has 1 heterocycles. The Morgan fingerprint density at radius 2 is 2.28 bits per heavy atom. The zero-order valence-electron chi connectivity index (χ0n) is 9.98. The third-order valence-corrected chi connectivity index (χ3v) is 4.61. The largest absolute Gasteiger partial charge is 0.478 e. The van der Waals surface area contributed by atoms with Gasteiger partial charge in [0.05, 0.1) is 5.56 Å². The van der Waals surface area contributed by atoms with Crippen molar-refractivity contribution in [3.05, 3.63) is 34.7 Å². The molecule has 2 aromatic rings. The van der Waals surface area contributed by atoms with Crippen molar-refractivity contribution in [2.24, 2.45) is 0 Å². The summed E-state index contributed by atoms with van der Waals surface area (Å²) in [5.41, 5.74) is 0.402. The summed E-state index contributed by atoms with van der Waals surface area (Å²) in [5, 5.41) is 13.5. The molecular formula is C14H15NO2S. The fourth-order valence-electron chi connectivity index (χ4n) is 2.24. The van der Waals surface area contributed by atoms with Crippen LogP contribution >= 0.6 is 11.3 Å². The molecule has 2 N–H and O–H groups in total. The first kappa shape index (κ1) is 11.7. The summed E-state index contributed by atoms with van der Waals surface area (Å²) < 4.78 is 1.06. The first-order valence-corrected chi connectivity index (χ1v) is 7.04. The number of hydrogen-bond donors (Lipinski definition) is 2. The van der Waals surface area contributed by atoms with E-state index in [0.717, 1.165) is 16.6 Å². The molecule has 0 bridgehead atoms. The molecule has 0 atom stereocenters. The molecule has 1 aromatic carbocycles. The van der Waals surface area contributed by atoms with Crippen LogP contribution in [0.25, 0.3) is 10.1 Å². The molecule has 0 saturated heterocycles. The normalized spacial score (nSPS) is 15.8. The smallest absolute Gasteiger partial charge is 0.336 e. The lowest BCUT2D eigenvalue weighted by Crippen LogP contribution is -2.34. The molecule has 18 heavy (non-hydrogen) atoms. The summed E-state index contributed by atoms with van der Waals surface area (Å²) in [4.78, 5) is 12.3. The van der Waals surface area contributed by atoms with E-state index in [1.165, 1.54) is 24.1 Å². The standard InChI is InChI=1S/C14H15NO2S/c16-14(17)11-5-2-6-13-12(11)7-10(18-13)8-15-9-3-1-4-9/h2,5-7,9,15H,1,3-4,8H2,(H,16,17). The van der Waals surface area contributed by atoms with E-state index in [1.54, 1.807) is 17.4 Å². The Bertz CT molecular complexity index is 586. The van der Waals surface area contributed by atoms with Crippen molar-refractivity contribution >= 4 is 27.4 Å². The van der Waals surface area contributed by atoms with Gasteiger partial charge in [-0.15, -0.1) is 11.3 Å². The summed E-state index contributed by atoms with van der Waals surface area (Å²) in [6, 6.07) is 8.13. The molecule has 1 aromatic heterocycles. The highest BCUT2D eigenvalue weighted by atomic mass is 32.1. The zero-order chi connectivity index (χ0) is 12.5. The number of hydrogen-bond acceptors (Lipinski definition) is 3. The molecule has 1 aliphatic carbocycles. The Kier molecular flexibility index (Phi) is 3.06. The molecule has 1 fully saturated rings. The van der Waals surface area contributed by atoms with E-state index in [-0.39, 0.29) is 0 Å². The van der Waals surface area contributed by atoms with Crippen LogP contribution in [0.3, 0.4) is 0 Å². The van der Waals surface area contributed by atoms with Crippen molar-refractivity contribution < 1.29 is 9.90 Å². The van der Waals surface area contributed by atoms with Gasteiger partial charge in [-0.1, -0.05) is 12.5 Å². The van der Waals surface area contributed by atoms with Crippen LogP contribution in [0.15, 0.2) is 24.3 Å². The quantitative estimate of drug-likeness (QED) is 0.888. The number of thiophene rings is 1. The average Bonchev–Trinajstić information content (AvgIpc) is 2.68. The van der Waals surface area contributed by atoms with Gasteiger partial charge in [-0.05, 0) is 31.0 Å². The fraction of sp³-hybridized carbons (Fsp3) is 0.357. The second-order valence-electron chi connectivity index (χ2n) is 4.74. The summed E-state index contributed by atoms with van der Waals surface area (Å²) in [5.74, 6) is -0.850. The predicted octanol–water partition coefficient (Wildman–Crippen LogP) is 3.24. The molecule has 0 aliphatic heterocycles. The molecule has 0 radical (unpaired) electrons. The molecule has 94 valence electrons. The number of carboxylic acid groups (broad SMARTS) is 1. The van der Waals surface area contributed by atoms with E-state index in [0.29, 0.717) is 11.6 Å². The summed E-state index contributed by atoms with van der Waals surface area (Å²) in [6.45, 7) is 0.850. The number of aromatic carboxylic acids is 1. The van der Waals surface area contributed by atoms with Crippen molar-refractivity contribution in [2.75, 3.05) is 0 Å². The molecule has 4 heteroatoms. The average molecular weight is 261 g/mol. The van der Waals surface area contributed by atoms with Gasteiger partial charge in [0.1, 0.15) is 0 Å². The fourth-order valence-corrected chi connectivity index (χ4v) is 3.28. The third kappa shape index (κ3) is 2.13. The van der Waals surface area contributed by atoms with Crippen LogP contribution in [0.5, 0.6) is 0 Å². The van der Waals surface area contributed by atoms with Crippen molar-refractivity contribution in [2.45, 2.75) is 31.8 Å². The highest BCUT2D eigenvalue weighted by Crippen LogP contribution is 2.29. The number of benzene rings is 1. The van der Waals surface area contributed by atoms with Crippen LogP contribution < -0.4 is 5.32 Å². The van der Waals surface area contributed by atoms with Crippen molar-refractivity contribution in [1.29, 1.82) is 0 Å². The lowest BCUT2D eigenvalue weighted by Gasteiger charge is -2.26. The van der Waals surface area contributed by atoms with E-state index >= 15 is 0 Å². The minimum atomic E-state index is -0.850. The highest BCUT2D eigenvalue weighted by molar-refractivity contribution is 7.19. The van der Waals surface area contributed by atoms with Crippen LogP contribution in [-0.4, -0.2) is 17.1 Å². The monoisotopic (exact) mass is 261 g/mol. The summed E-state index contributed by atoms with van der Waals surface area (Å²) in [6.07, 6.45) is 3.86. The zero-order valence-corrected chi connectivity index (χ0v) is 10.8. The van der Waals surface area contributed by atoms with Gasteiger partial charge in [-0.25, -0.2) is 4.79 Å². The number of fused-ring (bicyclic) bond motifs is 1. The lowest BCUT2D eigenvalue weighted by atomic mass is 9.93. The summed E-state index contributed by atoms with van der Waals surface area (Å²) in [7, 11) is 0. The topological polar surface area (TPSA) is 49.3 Å². The maximum absolute atomic E-state index is 11.1. The van der Waals surface area contributed by atoms with Gasteiger partial charge in [0.25, 0.3) is 0 Å². The molecular weight excluding hydrogens is 246 g/mol. The van der Waals surface area contributed by atoms with Crippen LogP contribution in [0.2, 0.25) is 0 Å². The lowest BCUT2D eigenvalue weighted by molar-refractivity contribution is 0.0699. The number of carboxylic acids is 1. The second kappa shape index (κ2) is 4.71. The Labute approximate surface area is 109 Å². The van der Waals surface area contributed by atoms with Crippen molar-refractivity contribution in [1.82, 2.24) is 5.32 Å². The van der Waals surface area contributed by atoms with E-state index in [1.807, 2.05) is 18.2 Å². The number of nitrogens with one attached hydrogen (secondary N) is 1. The Hall–Kier alpha value is -1.39. The Morgan fingerprint density at radius 1 is 1.44 bits per heavy atom. The van der Waals surface area contributed by atoms with Gasteiger partial charge in [-0.3, -0.25) is 0 Å². The van der Waals surface area contributed by atoms with Gasteiger partial charge < -0.3 is 10.4 Å². The molecule has 3 rings (SSSR count). The molecule has 1 aliphatic rings. The highest BCUT2D eigenvalue weighted by Gasteiger charge is 2.17. The minimum Gasteiger partial charge on any atom is -0.478 e. The molecule has 1 saturated carbocycles. The third-order valence-electron chi connectivity index (χ3n) is 3.51. The molecule has 0 spiro atoms. The van der Waals surface area contributed by atoms with Crippen LogP contribution in [0.4, 0.5) is 0 Å². The summed E-state index contributed by atoms with van der Waals surface area (Å²) >= 11 is 1.68. The first-order valence-electron chi connectivity index (χ1n) is 6.22. The van der Waals surface area contributed by atoms with Gasteiger partial charge >= 0.3 is 5.97 Å². The predicted molar refractivity (Wildman–Crippen MR) is 73.3 cm³/mol. The van der Waals surface area contributed by atoms with Crippen LogP contribution in [-0.2, 0) is 6.54 Å². The number of rotatable bonds is 4. The van der Waals surface area contributed by atoms with Crippen LogP contribution in [0.1, 0.15) is 34.5 Å². The van der Waals surface area contributed by atoms with Crippen LogP contribution in [0, 0.1) is 0 Å². The van der Waals surface area contributed by atoms with Gasteiger partial charge in [0.15, 0.2) is 0 Å². The second-order valence-corrected chi connectivity index (χ2v) is 5.91. The SMILES string of the molecule is O=C(O)c1cccc2sc(CNC3CCC3)cc12. The maximum atomic E-state index is 11.1.